The minimum absolute atomic E-state index is 0.0486. The molecule has 0 aliphatic rings. The first-order chi connectivity index (χ1) is 4.70. The van der Waals surface area contributed by atoms with Gasteiger partial charge in [0.25, 0.3) is 5.91 Å². The maximum absolute atomic E-state index is 10.4. The van der Waals surface area contributed by atoms with Crippen LogP contribution in [-0.4, -0.2) is 21.0 Å². The molecule has 5 heteroatoms. The van der Waals surface area contributed by atoms with Crippen LogP contribution in [0.1, 0.15) is 10.5 Å². The molecule has 1 heterocycles. The van der Waals surface area contributed by atoms with Gasteiger partial charge in [-0.1, -0.05) is 0 Å². The van der Waals surface area contributed by atoms with Gasteiger partial charge in [0.2, 0.25) is 12.2 Å². The second kappa shape index (κ2) is 2.30. The Morgan fingerprint density at radius 3 is 2.80 bits per heavy atom. The van der Waals surface area contributed by atoms with Crippen molar-refractivity contribution in [2.45, 2.75) is 0 Å². The number of hydrogen-bond acceptors (Lipinski definition) is 4. The van der Waals surface area contributed by atoms with E-state index in [1.807, 2.05) is 0 Å². The van der Waals surface area contributed by atoms with Crippen molar-refractivity contribution in [1.82, 2.24) is 9.97 Å². The molecule has 1 aromatic heterocycles. The third-order valence-electron chi connectivity index (χ3n) is 0.853. The van der Waals surface area contributed by atoms with Gasteiger partial charge in [0, 0.05) is 6.07 Å². The molecule has 0 saturated carbocycles. The Bertz CT molecular complexity index is 261. The van der Waals surface area contributed by atoms with Crippen molar-refractivity contribution in [2.75, 3.05) is 0 Å². The molecular weight excluding hydrogens is 134 g/mol. The van der Waals surface area contributed by atoms with Crippen LogP contribution >= 0.6 is 0 Å². The summed E-state index contributed by atoms with van der Waals surface area (Å²) < 4.78 is 0. The number of aromatic nitrogens is 2. The van der Waals surface area contributed by atoms with E-state index in [2.05, 4.69) is 16.3 Å². The molecule has 1 radical (unpaired) electrons. The van der Waals surface area contributed by atoms with E-state index in [0.29, 0.717) is 0 Å². The highest BCUT2D eigenvalue weighted by molar-refractivity contribution is 5.90. The lowest BCUT2D eigenvalue weighted by molar-refractivity contribution is 0.0995. The molecule has 3 N–H and O–H groups in total. The summed E-state index contributed by atoms with van der Waals surface area (Å²) in [7, 11) is 0. The van der Waals surface area contributed by atoms with Crippen molar-refractivity contribution in [1.29, 1.82) is 0 Å². The van der Waals surface area contributed by atoms with Gasteiger partial charge >= 0.3 is 0 Å². The van der Waals surface area contributed by atoms with Crippen LogP contribution in [-0.2, 0) is 0 Å². The van der Waals surface area contributed by atoms with Gasteiger partial charge in [0.15, 0.2) is 0 Å². The van der Waals surface area contributed by atoms with Gasteiger partial charge in [0.05, 0.1) is 0 Å². The second-order valence-corrected chi connectivity index (χ2v) is 1.58. The van der Waals surface area contributed by atoms with Crippen LogP contribution < -0.4 is 5.73 Å². The van der Waals surface area contributed by atoms with Gasteiger partial charge in [-0.25, -0.2) is 4.98 Å². The zero-order chi connectivity index (χ0) is 7.56. The van der Waals surface area contributed by atoms with E-state index >= 15 is 0 Å². The van der Waals surface area contributed by atoms with Crippen LogP contribution in [0.3, 0.4) is 0 Å². The molecule has 0 saturated heterocycles. The molecule has 0 spiro atoms. The third-order valence-corrected chi connectivity index (χ3v) is 0.853. The van der Waals surface area contributed by atoms with Gasteiger partial charge in [0.1, 0.15) is 5.69 Å². The monoisotopic (exact) mass is 138 g/mol. The lowest BCUT2D eigenvalue weighted by Gasteiger charge is -1.91. The zero-order valence-electron chi connectivity index (χ0n) is 4.90. The normalized spacial score (nSPS) is 9.20. The Hall–Kier alpha value is -1.65. The molecule has 1 rings (SSSR count). The molecular formula is C5H4N3O2. The van der Waals surface area contributed by atoms with Crippen LogP contribution in [0.2, 0.25) is 0 Å². The number of amides is 1. The minimum atomic E-state index is -0.714. The predicted molar refractivity (Wildman–Crippen MR) is 31.1 cm³/mol. The molecule has 1 aromatic rings. The molecule has 51 valence electrons. The first kappa shape index (κ1) is 6.47. The number of carbonyl (C=O) groups is 1. The Labute approximate surface area is 56.5 Å². The molecule has 0 aliphatic heterocycles. The Kier molecular flexibility index (Phi) is 1.49. The molecule has 0 fully saturated rings. The van der Waals surface area contributed by atoms with Crippen molar-refractivity contribution >= 4 is 5.91 Å². The number of aromatic hydroxyl groups is 1. The van der Waals surface area contributed by atoms with Crippen molar-refractivity contribution in [2.24, 2.45) is 5.73 Å². The molecule has 1 amide bonds. The first-order valence-electron chi connectivity index (χ1n) is 2.44. The van der Waals surface area contributed by atoms with Crippen LogP contribution in [0.25, 0.3) is 0 Å². The summed E-state index contributed by atoms with van der Waals surface area (Å²) >= 11 is 0. The predicted octanol–water partition coefficient (Wildman–Crippen LogP) is -0.919. The highest BCUT2D eigenvalue weighted by Crippen LogP contribution is 2.01. The summed E-state index contributed by atoms with van der Waals surface area (Å²) in [5.74, 6) is -1.03. The van der Waals surface area contributed by atoms with Gasteiger partial charge in [-0.05, 0) is 0 Å². The summed E-state index contributed by atoms with van der Waals surface area (Å²) in [6.45, 7) is 0. The maximum atomic E-state index is 10.4. The Morgan fingerprint density at radius 2 is 2.40 bits per heavy atom. The largest absolute Gasteiger partial charge is 0.493 e. The van der Waals surface area contributed by atoms with Gasteiger partial charge in [-0.15, -0.1) is 0 Å². The Morgan fingerprint density at radius 1 is 1.70 bits per heavy atom. The van der Waals surface area contributed by atoms with Gasteiger partial charge in [-0.3, -0.25) is 4.79 Å². The van der Waals surface area contributed by atoms with E-state index in [0.717, 1.165) is 6.07 Å². The standard InChI is InChI=1S/C5H4N3O2/c6-5(10)3-1-4(9)8-2-7-3/h1H,(H2,6,10)(H,7,8,9). The number of rotatable bonds is 1. The fourth-order valence-corrected chi connectivity index (χ4v) is 0.443. The van der Waals surface area contributed by atoms with Gasteiger partial charge < -0.3 is 10.8 Å². The average Bonchev–Trinajstić information content (AvgIpc) is 1.88. The van der Waals surface area contributed by atoms with E-state index in [-0.39, 0.29) is 11.6 Å². The number of carbonyl (C=O) groups excluding carboxylic acids is 1. The fourth-order valence-electron chi connectivity index (χ4n) is 0.443. The van der Waals surface area contributed by atoms with E-state index in [9.17, 15) is 4.79 Å². The molecule has 0 unspecified atom stereocenters. The maximum Gasteiger partial charge on any atom is 0.267 e. The lowest BCUT2D eigenvalue weighted by atomic mass is 10.4. The smallest absolute Gasteiger partial charge is 0.267 e. The number of nitrogens with zero attached hydrogens (tertiary/aromatic N) is 2. The minimum Gasteiger partial charge on any atom is -0.493 e. The molecule has 0 bridgehead atoms. The molecule has 0 atom stereocenters. The average molecular weight is 138 g/mol. The van der Waals surface area contributed by atoms with Crippen molar-refractivity contribution in [3.05, 3.63) is 18.1 Å². The van der Waals surface area contributed by atoms with Crippen LogP contribution in [0.5, 0.6) is 5.88 Å². The van der Waals surface area contributed by atoms with Crippen molar-refractivity contribution in [3.8, 4) is 5.88 Å². The molecule has 10 heavy (non-hydrogen) atoms. The summed E-state index contributed by atoms with van der Waals surface area (Å²) in [6.07, 6.45) is 2.06. The topological polar surface area (TPSA) is 89.1 Å². The SMILES string of the molecule is NC(=O)c1cc(O)n[c]n1. The second-order valence-electron chi connectivity index (χ2n) is 1.58. The quantitative estimate of drug-likeness (QED) is 0.525. The van der Waals surface area contributed by atoms with Crippen LogP contribution in [0.15, 0.2) is 6.07 Å². The number of primary amides is 1. The molecule has 0 aliphatic carbocycles. The summed E-state index contributed by atoms with van der Waals surface area (Å²) in [5, 5.41) is 8.67. The summed E-state index contributed by atoms with van der Waals surface area (Å²) in [5.41, 5.74) is 4.77. The van der Waals surface area contributed by atoms with Crippen molar-refractivity contribution in [3.63, 3.8) is 0 Å². The third kappa shape index (κ3) is 1.19. The van der Waals surface area contributed by atoms with E-state index < -0.39 is 5.91 Å². The zero-order valence-corrected chi connectivity index (χ0v) is 4.90. The lowest BCUT2D eigenvalue weighted by Crippen LogP contribution is -2.12. The molecule has 5 nitrogen and oxygen atoms in total. The van der Waals surface area contributed by atoms with E-state index in [1.54, 1.807) is 0 Å². The number of hydrogen-bond donors (Lipinski definition) is 2. The fraction of sp³-hybridized carbons (Fsp3) is 0. The van der Waals surface area contributed by atoms with Crippen molar-refractivity contribution < 1.29 is 9.90 Å². The summed E-state index contributed by atoms with van der Waals surface area (Å²) in [6, 6.07) is 1.07. The highest BCUT2D eigenvalue weighted by atomic mass is 16.3. The summed E-state index contributed by atoms with van der Waals surface area (Å²) in [4.78, 5) is 17.0. The number of nitrogens with two attached hydrogens (primary N) is 1. The van der Waals surface area contributed by atoms with E-state index in [1.165, 1.54) is 0 Å². The van der Waals surface area contributed by atoms with Gasteiger partial charge in [-0.2, -0.15) is 4.98 Å². The molecule has 0 aromatic carbocycles. The first-order valence-corrected chi connectivity index (χ1v) is 2.44. The Balaban J connectivity index is 3.07. The van der Waals surface area contributed by atoms with E-state index in [4.69, 9.17) is 10.8 Å². The van der Waals surface area contributed by atoms with Crippen LogP contribution in [0, 0.1) is 6.33 Å². The highest BCUT2D eigenvalue weighted by Gasteiger charge is 2.01. The van der Waals surface area contributed by atoms with Crippen LogP contribution in [0.4, 0.5) is 0 Å².